The van der Waals surface area contributed by atoms with E-state index in [-0.39, 0.29) is 53.7 Å². The zero-order chi connectivity index (χ0) is 40.4. The Morgan fingerprint density at radius 3 is 2.55 bits per heavy atom. The number of nitrogens with one attached hydrogen (secondary N) is 2. The first kappa shape index (κ1) is 37.2. The highest BCUT2D eigenvalue weighted by molar-refractivity contribution is 6.25. The summed E-state index contributed by atoms with van der Waals surface area (Å²) in [5, 5.41) is 9.35. The maximum Gasteiger partial charge on any atom is 0.273 e. The molecule has 4 aromatic rings. The average Bonchev–Trinajstić information content (AvgIpc) is 3.84. The van der Waals surface area contributed by atoms with Crippen molar-refractivity contribution < 1.29 is 38.2 Å². The molecule has 0 spiro atoms. The van der Waals surface area contributed by atoms with E-state index in [1.54, 1.807) is 36.7 Å². The lowest BCUT2D eigenvalue weighted by Gasteiger charge is -2.45. The maximum absolute atomic E-state index is 13.8. The number of fused-ring (bicyclic) bond motifs is 3. The zero-order valence-electron chi connectivity index (χ0n) is 32.3. The molecular weight excluding hydrogens is 749 g/mol. The minimum Gasteiger partial charge on any atom is -0.496 e. The number of imide groups is 2. The van der Waals surface area contributed by atoms with E-state index >= 15 is 0 Å². The van der Waals surface area contributed by atoms with E-state index in [0.717, 1.165) is 61.7 Å². The Bertz CT molecular complexity index is 2400. The molecule has 8 heterocycles. The molecule has 3 fully saturated rings. The molecule has 18 nitrogen and oxygen atoms in total. The normalized spacial score (nSPS) is 20.2. The van der Waals surface area contributed by atoms with Crippen LogP contribution in [0.2, 0.25) is 0 Å². The Morgan fingerprint density at radius 2 is 1.81 bits per heavy atom. The fraction of sp³-hybridized carbons (Fsp3) is 0.425. The number of rotatable bonds is 10. The number of piperidine rings is 2. The number of ether oxygens (including phenoxy) is 2. The third kappa shape index (κ3) is 6.46. The molecule has 58 heavy (non-hydrogen) atoms. The van der Waals surface area contributed by atoms with Gasteiger partial charge in [0.05, 0.1) is 30.5 Å². The topological polar surface area (TPSA) is 201 Å². The van der Waals surface area contributed by atoms with E-state index in [0.29, 0.717) is 35.1 Å². The first-order chi connectivity index (χ1) is 28.0. The summed E-state index contributed by atoms with van der Waals surface area (Å²) in [4.78, 5) is 94.6. The monoisotopic (exact) mass is 790 g/mol. The molecule has 6 amide bonds. The van der Waals surface area contributed by atoms with Crippen molar-refractivity contribution in [3.63, 3.8) is 0 Å². The van der Waals surface area contributed by atoms with Crippen molar-refractivity contribution in [3.05, 3.63) is 70.8 Å². The Labute approximate surface area is 332 Å². The highest BCUT2D eigenvalue weighted by Gasteiger charge is 2.47. The van der Waals surface area contributed by atoms with Gasteiger partial charge in [-0.05, 0) is 51.3 Å². The van der Waals surface area contributed by atoms with E-state index in [1.165, 1.54) is 17.8 Å². The molecule has 1 aromatic carbocycles. The summed E-state index contributed by atoms with van der Waals surface area (Å²) in [6, 6.07) is 5.94. The van der Waals surface area contributed by atoms with Crippen LogP contribution in [0, 0.1) is 5.92 Å². The molecule has 9 rings (SSSR count). The molecule has 300 valence electrons. The number of pyridine rings is 1. The molecule has 0 aliphatic carbocycles. The van der Waals surface area contributed by atoms with Gasteiger partial charge in [-0.25, -0.2) is 14.5 Å². The number of aromatic nitrogens is 4. The number of carbonyl (C=O) groups excluding carboxylic acids is 6. The van der Waals surface area contributed by atoms with E-state index in [4.69, 9.17) is 9.47 Å². The summed E-state index contributed by atoms with van der Waals surface area (Å²) in [5.74, 6) is -1.99. The van der Waals surface area contributed by atoms with Gasteiger partial charge in [0.1, 0.15) is 28.7 Å². The summed E-state index contributed by atoms with van der Waals surface area (Å²) < 4.78 is 13.1. The van der Waals surface area contributed by atoms with Crippen LogP contribution in [0.15, 0.2) is 42.9 Å². The number of benzene rings is 1. The minimum absolute atomic E-state index is 0.0343. The standard InChI is InChI=1S/C40H42N10O8/c1-21(2)58-37-28(43-35(52)27-16-42-49-10-4-9-41-34(27)49)13-23-20-48(40(56)33(23)45-37)24-7-11-46(12-8-24)17-22-18-47(19-22)25-14-26-32(30(15-25)57-3)39(55)50(38(26)54)29-5-6-31(51)44-36(29)53/h4,9-10,13-16,21-22,24,29H,5-8,11-12,17-20H2,1-3H3,(H,43,52)(H,44,51,53). The molecule has 3 saturated heterocycles. The van der Waals surface area contributed by atoms with Crippen molar-refractivity contribution in [3.8, 4) is 11.6 Å². The predicted octanol–water partition coefficient (Wildman–Crippen LogP) is 2.13. The van der Waals surface area contributed by atoms with Crippen molar-refractivity contribution >= 4 is 52.5 Å². The molecular formula is C40H42N10O8. The Kier molecular flexibility index (Phi) is 9.29. The SMILES string of the molecule is COc1cc(N2CC(CN3CCC(N4Cc5cc(NC(=O)c6cnn7cccnc67)c(OC(C)C)nc5C4=O)CC3)C2)cc2c1C(=O)N(C1CCC(=O)NC1=O)C2=O. The summed E-state index contributed by atoms with van der Waals surface area (Å²) in [7, 11) is 1.44. The number of hydrogen-bond donors (Lipinski definition) is 2. The number of carbonyl (C=O) groups is 6. The van der Waals surface area contributed by atoms with Crippen molar-refractivity contribution in [1.29, 1.82) is 0 Å². The largest absolute Gasteiger partial charge is 0.496 e. The average molecular weight is 791 g/mol. The van der Waals surface area contributed by atoms with E-state index in [2.05, 4.69) is 35.5 Å². The van der Waals surface area contributed by atoms with Gasteiger partial charge < -0.3 is 29.5 Å². The summed E-state index contributed by atoms with van der Waals surface area (Å²) in [6.45, 7) is 8.12. The molecule has 1 atom stereocenters. The van der Waals surface area contributed by atoms with Crippen LogP contribution in [-0.4, -0.2) is 128 Å². The maximum atomic E-state index is 13.8. The third-order valence-corrected chi connectivity index (χ3v) is 11.5. The quantitative estimate of drug-likeness (QED) is 0.222. The number of hydrogen-bond acceptors (Lipinski definition) is 13. The van der Waals surface area contributed by atoms with E-state index < -0.39 is 35.6 Å². The van der Waals surface area contributed by atoms with Gasteiger partial charge in [0.15, 0.2) is 5.65 Å². The van der Waals surface area contributed by atoms with Crippen molar-refractivity contribution in [1.82, 2.24) is 39.6 Å². The highest BCUT2D eigenvalue weighted by Crippen LogP contribution is 2.40. The van der Waals surface area contributed by atoms with Crippen LogP contribution in [0.25, 0.3) is 5.65 Å². The third-order valence-electron chi connectivity index (χ3n) is 11.5. The van der Waals surface area contributed by atoms with Gasteiger partial charge in [-0.3, -0.25) is 39.0 Å². The first-order valence-electron chi connectivity index (χ1n) is 19.5. The van der Waals surface area contributed by atoms with E-state index in [9.17, 15) is 28.8 Å². The zero-order valence-corrected chi connectivity index (χ0v) is 32.3. The first-order valence-corrected chi connectivity index (χ1v) is 19.5. The van der Waals surface area contributed by atoms with Crippen LogP contribution in [-0.2, 0) is 16.1 Å². The van der Waals surface area contributed by atoms with Gasteiger partial charge in [0.2, 0.25) is 17.7 Å². The molecule has 0 saturated carbocycles. The van der Waals surface area contributed by atoms with Gasteiger partial charge in [-0.2, -0.15) is 5.10 Å². The molecule has 18 heteroatoms. The Balaban J connectivity index is 0.810. The second-order valence-corrected chi connectivity index (χ2v) is 15.7. The lowest BCUT2D eigenvalue weighted by atomic mass is 9.95. The van der Waals surface area contributed by atoms with Gasteiger partial charge in [0, 0.05) is 87.4 Å². The molecule has 5 aliphatic heterocycles. The van der Waals surface area contributed by atoms with Crippen LogP contribution in [0.5, 0.6) is 11.6 Å². The fourth-order valence-corrected chi connectivity index (χ4v) is 8.67. The number of likely N-dealkylation sites (tertiary alicyclic amines) is 1. The van der Waals surface area contributed by atoms with E-state index in [1.807, 2.05) is 18.7 Å². The fourth-order valence-electron chi connectivity index (χ4n) is 8.67. The van der Waals surface area contributed by atoms with Crippen LogP contribution in [0.4, 0.5) is 11.4 Å². The lowest BCUT2D eigenvalue weighted by Crippen LogP contribution is -2.54. The number of nitrogens with zero attached hydrogens (tertiary/aromatic N) is 8. The number of methoxy groups -OCH3 is 1. The van der Waals surface area contributed by atoms with Gasteiger partial charge in [-0.15, -0.1) is 0 Å². The molecule has 0 radical (unpaired) electrons. The lowest BCUT2D eigenvalue weighted by molar-refractivity contribution is -0.136. The van der Waals surface area contributed by atoms with Crippen molar-refractivity contribution in [2.75, 3.05) is 50.1 Å². The Hall–Kier alpha value is -6.43. The molecule has 2 N–H and O–H groups in total. The summed E-state index contributed by atoms with van der Waals surface area (Å²) in [5.41, 5.74) is 3.23. The molecule has 5 aliphatic rings. The van der Waals surface area contributed by atoms with Crippen molar-refractivity contribution in [2.24, 2.45) is 5.92 Å². The highest BCUT2D eigenvalue weighted by atomic mass is 16.5. The molecule has 1 unspecified atom stereocenters. The smallest absolute Gasteiger partial charge is 0.273 e. The van der Waals surface area contributed by atoms with Crippen LogP contribution >= 0.6 is 0 Å². The number of amides is 6. The van der Waals surface area contributed by atoms with Gasteiger partial charge >= 0.3 is 0 Å². The van der Waals surface area contributed by atoms with Crippen molar-refractivity contribution in [2.45, 2.75) is 64.3 Å². The van der Waals surface area contributed by atoms with Crippen LogP contribution in [0.3, 0.4) is 0 Å². The summed E-state index contributed by atoms with van der Waals surface area (Å²) >= 11 is 0. The summed E-state index contributed by atoms with van der Waals surface area (Å²) in [6.07, 6.45) is 6.25. The molecule has 3 aromatic heterocycles. The second kappa shape index (κ2) is 14.5. The van der Waals surface area contributed by atoms with Crippen LogP contribution in [0.1, 0.15) is 86.7 Å². The van der Waals surface area contributed by atoms with Crippen LogP contribution < -0.4 is 25.0 Å². The number of anilines is 2. The second-order valence-electron chi connectivity index (χ2n) is 15.7. The van der Waals surface area contributed by atoms with Gasteiger partial charge in [-0.1, -0.05) is 0 Å². The minimum atomic E-state index is -1.05. The predicted molar refractivity (Wildman–Crippen MR) is 206 cm³/mol. The molecule has 0 bridgehead atoms. The Morgan fingerprint density at radius 1 is 1.02 bits per heavy atom. The van der Waals surface area contributed by atoms with Gasteiger partial charge in [0.25, 0.3) is 23.6 Å².